The predicted octanol–water partition coefficient (Wildman–Crippen LogP) is 1.72. The quantitative estimate of drug-likeness (QED) is 0.767. The molecule has 0 amide bonds. The molecule has 0 aliphatic carbocycles. The van der Waals surface area contributed by atoms with Crippen LogP contribution in [0.2, 0.25) is 0 Å². The Labute approximate surface area is 85.2 Å². The Morgan fingerprint density at radius 2 is 2.07 bits per heavy atom. The van der Waals surface area contributed by atoms with Crippen LogP contribution in [0.1, 0.15) is 26.5 Å². The van der Waals surface area contributed by atoms with Crippen LogP contribution in [0, 0.1) is 0 Å². The second kappa shape index (κ2) is 4.96. The monoisotopic (exact) mass is 194 g/mol. The summed E-state index contributed by atoms with van der Waals surface area (Å²) in [7, 11) is 0. The lowest BCUT2D eigenvalue weighted by Gasteiger charge is -2.16. The van der Waals surface area contributed by atoms with Crippen molar-refractivity contribution in [1.82, 2.24) is 10.3 Å². The standard InChI is InChI=1S/C11H18N2O/c1-8(2)13-9(3)6-10-4-5-11(14)7-12-10/h4-5,7-9,13-14H,6H2,1-3H3/t9-/m1/s1. The molecule has 3 heteroatoms. The molecule has 0 saturated heterocycles. The van der Waals surface area contributed by atoms with Crippen LogP contribution in [-0.4, -0.2) is 22.2 Å². The third kappa shape index (κ3) is 3.75. The molecule has 0 unspecified atom stereocenters. The van der Waals surface area contributed by atoms with Gasteiger partial charge in [0.25, 0.3) is 0 Å². The highest BCUT2D eigenvalue weighted by Crippen LogP contribution is 2.07. The van der Waals surface area contributed by atoms with E-state index in [0.717, 1.165) is 12.1 Å². The summed E-state index contributed by atoms with van der Waals surface area (Å²) in [6.07, 6.45) is 2.37. The van der Waals surface area contributed by atoms with Crippen LogP contribution in [0.3, 0.4) is 0 Å². The molecule has 3 nitrogen and oxygen atoms in total. The molecule has 1 aromatic heterocycles. The van der Waals surface area contributed by atoms with Crippen molar-refractivity contribution in [2.45, 2.75) is 39.3 Å². The Morgan fingerprint density at radius 1 is 1.36 bits per heavy atom. The smallest absolute Gasteiger partial charge is 0.133 e. The molecule has 0 aliphatic heterocycles. The summed E-state index contributed by atoms with van der Waals surface area (Å²) in [6.45, 7) is 6.38. The first-order valence-corrected chi connectivity index (χ1v) is 4.98. The molecule has 0 radical (unpaired) electrons. The minimum atomic E-state index is 0.221. The van der Waals surface area contributed by atoms with Gasteiger partial charge < -0.3 is 10.4 Å². The van der Waals surface area contributed by atoms with Gasteiger partial charge in [0.15, 0.2) is 0 Å². The molecule has 2 N–H and O–H groups in total. The number of aromatic nitrogens is 1. The van der Waals surface area contributed by atoms with Gasteiger partial charge in [0.1, 0.15) is 5.75 Å². The molecular formula is C11H18N2O. The van der Waals surface area contributed by atoms with Crippen molar-refractivity contribution in [3.8, 4) is 5.75 Å². The molecule has 0 aromatic carbocycles. The summed E-state index contributed by atoms with van der Waals surface area (Å²) in [4.78, 5) is 4.14. The van der Waals surface area contributed by atoms with Crippen LogP contribution in [-0.2, 0) is 6.42 Å². The van der Waals surface area contributed by atoms with Gasteiger partial charge in [-0.3, -0.25) is 4.98 Å². The molecule has 78 valence electrons. The highest BCUT2D eigenvalue weighted by Gasteiger charge is 2.05. The lowest BCUT2D eigenvalue weighted by Crippen LogP contribution is -2.34. The number of rotatable bonds is 4. The molecule has 1 rings (SSSR count). The Balaban J connectivity index is 2.47. The summed E-state index contributed by atoms with van der Waals surface area (Å²) >= 11 is 0. The predicted molar refractivity (Wildman–Crippen MR) is 57.3 cm³/mol. The molecule has 0 spiro atoms. The molecule has 1 atom stereocenters. The van der Waals surface area contributed by atoms with Crippen molar-refractivity contribution < 1.29 is 5.11 Å². The number of hydrogen-bond acceptors (Lipinski definition) is 3. The number of nitrogens with zero attached hydrogens (tertiary/aromatic N) is 1. The number of aromatic hydroxyl groups is 1. The SMILES string of the molecule is CC(C)N[C@H](C)Cc1ccc(O)cn1. The van der Waals surface area contributed by atoms with E-state index in [4.69, 9.17) is 5.11 Å². The zero-order valence-corrected chi connectivity index (χ0v) is 8.99. The van der Waals surface area contributed by atoms with Crippen molar-refractivity contribution in [1.29, 1.82) is 0 Å². The highest BCUT2D eigenvalue weighted by molar-refractivity contribution is 5.18. The zero-order valence-electron chi connectivity index (χ0n) is 8.99. The Kier molecular flexibility index (Phi) is 3.89. The van der Waals surface area contributed by atoms with Gasteiger partial charge in [-0.05, 0) is 19.1 Å². The number of pyridine rings is 1. The molecule has 1 heterocycles. The van der Waals surface area contributed by atoms with E-state index in [0.29, 0.717) is 12.1 Å². The first-order valence-electron chi connectivity index (χ1n) is 4.98. The van der Waals surface area contributed by atoms with Crippen LogP contribution in [0.15, 0.2) is 18.3 Å². The Hall–Kier alpha value is -1.09. The van der Waals surface area contributed by atoms with E-state index in [-0.39, 0.29) is 5.75 Å². The fraction of sp³-hybridized carbons (Fsp3) is 0.545. The lowest BCUT2D eigenvalue weighted by atomic mass is 10.1. The van der Waals surface area contributed by atoms with E-state index in [9.17, 15) is 0 Å². The minimum Gasteiger partial charge on any atom is -0.506 e. The second-order valence-corrected chi connectivity index (χ2v) is 3.93. The van der Waals surface area contributed by atoms with Gasteiger partial charge in [0, 0.05) is 24.2 Å². The molecular weight excluding hydrogens is 176 g/mol. The maximum atomic E-state index is 9.06. The van der Waals surface area contributed by atoms with Crippen LogP contribution >= 0.6 is 0 Å². The first-order chi connectivity index (χ1) is 6.58. The largest absolute Gasteiger partial charge is 0.506 e. The normalized spacial score (nSPS) is 13.1. The highest BCUT2D eigenvalue weighted by atomic mass is 16.3. The van der Waals surface area contributed by atoms with Crippen molar-refractivity contribution >= 4 is 0 Å². The fourth-order valence-corrected chi connectivity index (χ4v) is 1.48. The average Bonchev–Trinajstić information content (AvgIpc) is 2.07. The molecule has 14 heavy (non-hydrogen) atoms. The minimum absolute atomic E-state index is 0.221. The summed E-state index contributed by atoms with van der Waals surface area (Å²) in [6, 6.07) is 4.42. The maximum absolute atomic E-state index is 9.06. The van der Waals surface area contributed by atoms with E-state index < -0.39 is 0 Å². The van der Waals surface area contributed by atoms with Gasteiger partial charge >= 0.3 is 0 Å². The van der Waals surface area contributed by atoms with Gasteiger partial charge in [-0.15, -0.1) is 0 Å². The lowest BCUT2D eigenvalue weighted by molar-refractivity contribution is 0.467. The molecule has 0 bridgehead atoms. The molecule has 0 aliphatic rings. The second-order valence-electron chi connectivity index (χ2n) is 3.93. The Bertz CT molecular complexity index is 269. The van der Waals surface area contributed by atoms with Crippen LogP contribution in [0.4, 0.5) is 0 Å². The van der Waals surface area contributed by atoms with Crippen LogP contribution in [0.5, 0.6) is 5.75 Å². The van der Waals surface area contributed by atoms with Gasteiger partial charge in [-0.25, -0.2) is 0 Å². The van der Waals surface area contributed by atoms with Gasteiger partial charge in [0.2, 0.25) is 0 Å². The van der Waals surface area contributed by atoms with Crippen LogP contribution < -0.4 is 5.32 Å². The third-order valence-corrected chi connectivity index (χ3v) is 1.94. The van der Waals surface area contributed by atoms with E-state index >= 15 is 0 Å². The average molecular weight is 194 g/mol. The van der Waals surface area contributed by atoms with Gasteiger partial charge in [-0.2, -0.15) is 0 Å². The number of nitrogens with one attached hydrogen (secondary N) is 1. The number of hydrogen-bond donors (Lipinski definition) is 2. The van der Waals surface area contributed by atoms with Gasteiger partial charge in [-0.1, -0.05) is 13.8 Å². The molecule has 0 fully saturated rings. The van der Waals surface area contributed by atoms with Crippen molar-refractivity contribution in [2.75, 3.05) is 0 Å². The van der Waals surface area contributed by atoms with Crippen molar-refractivity contribution in [3.05, 3.63) is 24.0 Å². The zero-order chi connectivity index (χ0) is 10.6. The van der Waals surface area contributed by atoms with E-state index in [2.05, 4.69) is 31.1 Å². The van der Waals surface area contributed by atoms with Crippen molar-refractivity contribution in [3.63, 3.8) is 0 Å². The first kappa shape index (κ1) is 11.0. The topological polar surface area (TPSA) is 45.1 Å². The van der Waals surface area contributed by atoms with Crippen molar-refractivity contribution in [2.24, 2.45) is 0 Å². The van der Waals surface area contributed by atoms with E-state index in [1.165, 1.54) is 6.20 Å². The summed E-state index contributed by atoms with van der Waals surface area (Å²) in [5.41, 5.74) is 1.00. The fourth-order valence-electron chi connectivity index (χ4n) is 1.48. The maximum Gasteiger partial charge on any atom is 0.133 e. The van der Waals surface area contributed by atoms with Crippen LogP contribution in [0.25, 0.3) is 0 Å². The van der Waals surface area contributed by atoms with E-state index in [1.807, 2.05) is 6.07 Å². The Morgan fingerprint density at radius 3 is 2.57 bits per heavy atom. The summed E-state index contributed by atoms with van der Waals surface area (Å²) in [5.74, 6) is 0.221. The third-order valence-electron chi connectivity index (χ3n) is 1.94. The molecule has 1 aromatic rings. The summed E-state index contributed by atoms with van der Waals surface area (Å²) in [5, 5.41) is 12.5. The van der Waals surface area contributed by atoms with E-state index in [1.54, 1.807) is 6.07 Å². The van der Waals surface area contributed by atoms with Gasteiger partial charge in [0.05, 0.1) is 6.20 Å². The summed E-state index contributed by atoms with van der Waals surface area (Å²) < 4.78 is 0. The molecule has 0 saturated carbocycles.